The number of hydrogen-bond donors (Lipinski definition) is 8. The Morgan fingerprint density at radius 3 is 1.50 bits per heavy atom. The third-order valence-electron chi connectivity index (χ3n) is 2.42. The second kappa shape index (κ2) is 4.75. The van der Waals surface area contributed by atoms with E-state index in [9.17, 15) is 25.5 Å². The van der Waals surface area contributed by atoms with E-state index in [4.69, 9.17) is 14.9 Å². The largest absolute Gasteiger partial charge is 0.387 e. The van der Waals surface area contributed by atoms with Crippen molar-refractivity contribution in [3.05, 3.63) is 0 Å². The summed E-state index contributed by atoms with van der Waals surface area (Å²) in [6.45, 7) is 0. The van der Waals surface area contributed by atoms with Gasteiger partial charge in [0, 0.05) is 0 Å². The number of aliphatic hydroxyl groups excluding tert-OH is 5. The molecule has 0 spiro atoms. The van der Waals surface area contributed by atoms with Crippen LogP contribution in [0.1, 0.15) is 0 Å². The predicted molar refractivity (Wildman–Crippen MR) is 47.4 cm³/mol. The molecule has 0 aromatic rings. The Hall–Kier alpha value is 0.0700. The van der Waals surface area contributed by atoms with Crippen molar-refractivity contribution in [2.24, 2.45) is 0 Å². The van der Waals surface area contributed by atoms with E-state index in [2.05, 4.69) is 4.52 Å². The van der Waals surface area contributed by atoms with Crippen LogP contribution in [0.25, 0.3) is 0 Å². The maximum atomic E-state index is 9.58. The molecule has 10 heteroatoms. The van der Waals surface area contributed by atoms with Crippen molar-refractivity contribution in [2.45, 2.75) is 36.3 Å². The minimum absolute atomic E-state index is 1.91. The fraction of sp³-hybridized carbons (Fsp3) is 1.00. The van der Waals surface area contributed by atoms with Gasteiger partial charge in [0.1, 0.15) is 30.5 Å². The van der Waals surface area contributed by atoms with Crippen molar-refractivity contribution in [1.82, 2.24) is 0 Å². The molecule has 0 aliphatic heterocycles. The van der Waals surface area contributed by atoms with Crippen molar-refractivity contribution in [2.75, 3.05) is 0 Å². The van der Waals surface area contributed by atoms with Gasteiger partial charge in [-0.2, -0.15) is 0 Å². The first kappa shape index (κ1) is 14.1. The third-order valence-corrected chi connectivity index (χ3v) is 2.88. The maximum Gasteiger partial charge on any atom is 0.329 e. The van der Waals surface area contributed by atoms with Gasteiger partial charge < -0.3 is 40.4 Å². The SMILES string of the molecule is O[C@@H]1[C@@H](O)[C@@H](O)[C@@](O)(OP(O)O)[C@H](O)[C@H]1O. The Morgan fingerprint density at radius 1 is 0.812 bits per heavy atom. The van der Waals surface area contributed by atoms with Gasteiger partial charge in [-0.1, -0.05) is 0 Å². The predicted octanol–water partition coefficient (Wildman–Crippen LogP) is -4.28. The first-order chi connectivity index (χ1) is 7.21. The highest BCUT2D eigenvalue weighted by molar-refractivity contribution is 7.39. The van der Waals surface area contributed by atoms with Crippen LogP contribution in [0.4, 0.5) is 0 Å². The van der Waals surface area contributed by atoms with Crippen LogP contribution in [0.2, 0.25) is 0 Å². The Kier molecular flexibility index (Phi) is 4.19. The summed E-state index contributed by atoms with van der Waals surface area (Å²) in [5, 5.41) is 55.8. The average Bonchev–Trinajstić information content (AvgIpc) is 2.21. The first-order valence-corrected chi connectivity index (χ1v) is 5.38. The van der Waals surface area contributed by atoms with Crippen molar-refractivity contribution in [1.29, 1.82) is 0 Å². The van der Waals surface area contributed by atoms with Gasteiger partial charge in [-0.3, -0.25) is 4.52 Å². The van der Waals surface area contributed by atoms with Gasteiger partial charge in [0.25, 0.3) is 0 Å². The molecule has 0 radical (unpaired) electrons. The zero-order valence-corrected chi connectivity index (χ0v) is 8.71. The fourth-order valence-electron chi connectivity index (χ4n) is 1.48. The van der Waals surface area contributed by atoms with E-state index >= 15 is 0 Å². The lowest BCUT2D eigenvalue weighted by Gasteiger charge is -2.46. The van der Waals surface area contributed by atoms with Crippen molar-refractivity contribution < 1.29 is 44.9 Å². The van der Waals surface area contributed by atoms with E-state index in [0.717, 1.165) is 0 Å². The van der Waals surface area contributed by atoms with Crippen molar-refractivity contribution in [3.63, 3.8) is 0 Å². The van der Waals surface area contributed by atoms with Gasteiger partial charge in [-0.05, 0) is 0 Å². The average molecular weight is 260 g/mol. The maximum absolute atomic E-state index is 9.58. The molecule has 0 amide bonds. The van der Waals surface area contributed by atoms with Crippen molar-refractivity contribution in [3.8, 4) is 0 Å². The zero-order valence-electron chi connectivity index (χ0n) is 7.82. The second-order valence-electron chi connectivity index (χ2n) is 3.46. The molecular formula is C6H13O9P. The third kappa shape index (κ3) is 2.20. The Morgan fingerprint density at radius 2 is 1.19 bits per heavy atom. The monoisotopic (exact) mass is 260 g/mol. The van der Waals surface area contributed by atoms with Crippen molar-refractivity contribution >= 4 is 8.60 Å². The highest BCUT2D eigenvalue weighted by Crippen LogP contribution is 2.40. The zero-order chi connectivity index (χ0) is 12.7. The molecule has 0 unspecified atom stereocenters. The van der Waals surface area contributed by atoms with Crippen LogP contribution in [-0.4, -0.2) is 76.7 Å². The summed E-state index contributed by atoms with van der Waals surface area (Å²) in [6, 6.07) is 0. The molecule has 9 nitrogen and oxygen atoms in total. The minimum Gasteiger partial charge on any atom is -0.387 e. The van der Waals surface area contributed by atoms with Gasteiger partial charge >= 0.3 is 8.60 Å². The molecule has 1 rings (SSSR count). The van der Waals surface area contributed by atoms with Crippen LogP contribution >= 0.6 is 8.60 Å². The number of rotatable bonds is 2. The molecule has 0 saturated heterocycles. The first-order valence-electron chi connectivity index (χ1n) is 4.21. The van der Waals surface area contributed by atoms with Crippen LogP contribution in [0, 0.1) is 0 Å². The minimum atomic E-state index is -3.15. The highest BCUT2D eigenvalue weighted by Gasteiger charge is 2.59. The lowest BCUT2D eigenvalue weighted by atomic mass is 9.82. The van der Waals surface area contributed by atoms with Gasteiger partial charge in [0.05, 0.1) is 0 Å². The molecule has 1 aliphatic carbocycles. The quantitative estimate of drug-likeness (QED) is 0.181. The molecule has 1 saturated carbocycles. The van der Waals surface area contributed by atoms with Crippen LogP contribution in [-0.2, 0) is 4.52 Å². The topological polar surface area (TPSA) is 171 Å². The van der Waals surface area contributed by atoms with Gasteiger partial charge in [-0.25, -0.2) is 0 Å². The number of hydrogen-bond acceptors (Lipinski definition) is 9. The standard InChI is InChI=1S/C6H13O9P/c7-1-2(8)4(10)6(12,15-16(13)14)5(11)3(1)9/h1-5,7-14H/t1-,2-,3+,4-,5-,6-/m1/s1. The molecule has 8 N–H and O–H groups in total. The summed E-state index contributed by atoms with van der Waals surface area (Å²) in [7, 11) is -3.15. The Balaban J connectivity index is 2.98. The summed E-state index contributed by atoms with van der Waals surface area (Å²) in [5.74, 6) is -2.98. The van der Waals surface area contributed by atoms with Gasteiger partial charge in [0.15, 0.2) is 0 Å². The highest BCUT2D eigenvalue weighted by atomic mass is 31.2. The molecule has 0 heterocycles. The van der Waals surface area contributed by atoms with Crippen LogP contribution in [0.3, 0.4) is 0 Å². The fourth-order valence-corrected chi connectivity index (χ4v) is 1.96. The summed E-state index contributed by atoms with van der Waals surface area (Å²) < 4.78 is 4.09. The van der Waals surface area contributed by atoms with E-state index in [1.807, 2.05) is 0 Å². The van der Waals surface area contributed by atoms with E-state index in [-0.39, 0.29) is 0 Å². The molecule has 0 aromatic heterocycles. The lowest BCUT2D eigenvalue weighted by Crippen LogP contribution is -2.71. The van der Waals surface area contributed by atoms with Gasteiger partial charge in [0.2, 0.25) is 5.79 Å². The van der Waals surface area contributed by atoms with Crippen LogP contribution < -0.4 is 0 Å². The normalized spacial score (nSPS) is 49.7. The Bertz CT molecular complexity index is 232. The summed E-state index contributed by atoms with van der Waals surface area (Å²) >= 11 is 0. The number of aliphatic hydroxyl groups is 6. The molecule has 1 fully saturated rings. The summed E-state index contributed by atoms with van der Waals surface area (Å²) in [5.41, 5.74) is 0. The smallest absolute Gasteiger partial charge is 0.329 e. The summed E-state index contributed by atoms with van der Waals surface area (Å²) in [4.78, 5) is 17.1. The lowest BCUT2D eigenvalue weighted by molar-refractivity contribution is -0.334. The Labute approximate surface area is 90.8 Å². The molecule has 0 bridgehead atoms. The van der Waals surface area contributed by atoms with Crippen LogP contribution in [0.15, 0.2) is 0 Å². The van der Waals surface area contributed by atoms with E-state index in [1.165, 1.54) is 0 Å². The molecular weight excluding hydrogens is 247 g/mol. The summed E-state index contributed by atoms with van der Waals surface area (Å²) in [6.07, 6.45) is -10.4. The molecule has 96 valence electrons. The second-order valence-corrected chi connectivity index (χ2v) is 4.15. The van der Waals surface area contributed by atoms with Crippen LogP contribution in [0.5, 0.6) is 0 Å². The van der Waals surface area contributed by atoms with E-state index in [1.54, 1.807) is 0 Å². The molecule has 6 atom stereocenters. The molecule has 1 aliphatic rings. The van der Waals surface area contributed by atoms with Gasteiger partial charge in [-0.15, -0.1) is 0 Å². The van der Waals surface area contributed by atoms with E-state index < -0.39 is 44.9 Å². The molecule has 16 heavy (non-hydrogen) atoms. The molecule has 0 aromatic carbocycles. The van der Waals surface area contributed by atoms with E-state index in [0.29, 0.717) is 0 Å².